The minimum absolute atomic E-state index is 0.0810. The Morgan fingerprint density at radius 1 is 0.786 bits per heavy atom. The fraction of sp³-hybridized carbons (Fsp3) is 0.267. The van der Waals surface area contributed by atoms with Gasteiger partial charge in [0.15, 0.2) is 0 Å². The van der Waals surface area contributed by atoms with E-state index in [0.717, 1.165) is 5.56 Å². The van der Waals surface area contributed by atoms with Crippen molar-refractivity contribution in [3.63, 3.8) is 0 Å². The minimum Gasteiger partial charge on any atom is -0.481 e. The fourth-order valence-corrected chi connectivity index (χ4v) is 5.55. The Hall–Kier alpha value is -4.55. The molecule has 2 atom stereocenters. The Morgan fingerprint density at radius 2 is 1.38 bits per heavy atom. The molecule has 2 amide bonds. The number of carboxylic acid groups (broad SMARTS) is 1. The molecule has 12 heteroatoms. The number of carbonyl (C=O) groups excluding carboxylic acids is 2. The first-order valence-electron chi connectivity index (χ1n) is 13.3. The number of rotatable bonds is 16. The summed E-state index contributed by atoms with van der Waals surface area (Å²) in [7, 11) is -3.95. The third kappa shape index (κ3) is 10.8. The first-order chi connectivity index (χ1) is 20.0. The molecule has 0 aliphatic heterocycles. The number of nitrogen functional groups attached to an aromatic ring is 1. The number of hydrogen-bond acceptors (Lipinski definition) is 6. The van der Waals surface area contributed by atoms with Crippen LogP contribution in [-0.2, 0) is 43.1 Å². The van der Waals surface area contributed by atoms with E-state index in [2.05, 4.69) is 15.4 Å². The van der Waals surface area contributed by atoms with Crippen molar-refractivity contribution >= 4 is 33.6 Å². The maximum absolute atomic E-state index is 13.4. The molecule has 0 radical (unpaired) electrons. The van der Waals surface area contributed by atoms with E-state index in [1.165, 1.54) is 0 Å². The first kappa shape index (κ1) is 32.0. The average molecular weight is 594 g/mol. The second kappa shape index (κ2) is 15.5. The summed E-state index contributed by atoms with van der Waals surface area (Å²) >= 11 is 0. The van der Waals surface area contributed by atoms with Crippen molar-refractivity contribution < 1.29 is 27.9 Å². The first-order valence-corrected chi connectivity index (χ1v) is 15.0. The lowest BCUT2D eigenvalue weighted by Crippen LogP contribution is -2.54. The lowest BCUT2D eigenvalue weighted by molar-refractivity contribution is -0.138. The Kier molecular flexibility index (Phi) is 11.8. The van der Waals surface area contributed by atoms with Gasteiger partial charge < -0.3 is 21.5 Å². The molecule has 222 valence electrons. The minimum atomic E-state index is -3.95. The number of carboxylic acids is 1. The van der Waals surface area contributed by atoms with Gasteiger partial charge in [-0.25, -0.2) is 13.1 Å². The molecule has 0 heterocycles. The smallest absolute Gasteiger partial charge is 0.303 e. The van der Waals surface area contributed by atoms with E-state index in [4.69, 9.17) is 11.1 Å². The number of carbonyl (C=O) groups is 3. The van der Waals surface area contributed by atoms with Gasteiger partial charge in [0.1, 0.15) is 17.9 Å². The molecule has 42 heavy (non-hydrogen) atoms. The zero-order chi connectivity index (χ0) is 30.5. The van der Waals surface area contributed by atoms with Crippen LogP contribution in [0.1, 0.15) is 41.5 Å². The highest BCUT2D eigenvalue weighted by molar-refractivity contribution is 7.88. The van der Waals surface area contributed by atoms with Crippen LogP contribution in [0, 0.1) is 5.41 Å². The van der Waals surface area contributed by atoms with Gasteiger partial charge in [-0.2, -0.15) is 0 Å². The monoisotopic (exact) mass is 593 g/mol. The largest absolute Gasteiger partial charge is 0.481 e. The maximum atomic E-state index is 13.4. The molecule has 0 aromatic heterocycles. The number of amides is 2. The van der Waals surface area contributed by atoms with E-state index in [1.807, 2.05) is 30.3 Å². The van der Waals surface area contributed by atoms with Crippen LogP contribution in [0.4, 0.5) is 0 Å². The van der Waals surface area contributed by atoms with Gasteiger partial charge in [-0.3, -0.25) is 19.8 Å². The van der Waals surface area contributed by atoms with Crippen molar-refractivity contribution in [3.05, 3.63) is 107 Å². The maximum Gasteiger partial charge on any atom is 0.303 e. The zero-order valence-electron chi connectivity index (χ0n) is 23.0. The quantitative estimate of drug-likeness (QED) is 0.108. The third-order valence-corrected chi connectivity index (χ3v) is 7.77. The number of hydrogen-bond donors (Lipinski definition) is 6. The van der Waals surface area contributed by atoms with E-state index in [9.17, 15) is 27.9 Å². The highest BCUT2D eigenvalue weighted by Gasteiger charge is 2.29. The molecule has 0 saturated carbocycles. The van der Waals surface area contributed by atoms with Crippen molar-refractivity contribution in [3.8, 4) is 0 Å². The molecule has 11 nitrogen and oxygen atoms in total. The summed E-state index contributed by atoms with van der Waals surface area (Å²) in [5, 5.41) is 21.9. The van der Waals surface area contributed by atoms with Crippen LogP contribution in [0.2, 0.25) is 0 Å². The van der Waals surface area contributed by atoms with Crippen LogP contribution >= 0.6 is 0 Å². The molecular weight excluding hydrogens is 558 g/mol. The topological polar surface area (TPSA) is 192 Å². The third-order valence-electron chi connectivity index (χ3n) is 6.41. The summed E-state index contributed by atoms with van der Waals surface area (Å²) in [6.07, 6.45) is -0.0902. The van der Waals surface area contributed by atoms with Crippen LogP contribution in [-0.4, -0.2) is 49.2 Å². The number of nitrogens with one attached hydrogen (secondary N) is 4. The van der Waals surface area contributed by atoms with Gasteiger partial charge in [-0.15, -0.1) is 0 Å². The van der Waals surface area contributed by atoms with Crippen LogP contribution in [0.15, 0.2) is 84.9 Å². The van der Waals surface area contributed by atoms with Crippen molar-refractivity contribution in [2.24, 2.45) is 5.73 Å². The van der Waals surface area contributed by atoms with Crippen molar-refractivity contribution in [2.45, 2.75) is 50.1 Å². The normalized spacial score (nSPS) is 12.6. The average Bonchev–Trinajstić information content (AvgIpc) is 2.96. The zero-order valence-corrected chi connectivity index (χ0v) is 23.8. The Bertz CT molecular complexity index is 1470. The number of benzene rings is 3. The molecular formula is C30H35N5O6S. The summed E-state index contributed by atoms with van der Waals surface area (Å²) in [4.78, 5) is 37.8. The SMILES string of the molecule is N=C(N)c1ccc(CNC(=O)C(CCC(=O)O)NC(=O)C(CCc2ccccc2)NS(=O)(=O)Cc2ccccc2)cc1. The number of amidine groups is 1. The van der Waals surface area contributed by atoms with Gasteiger partial charge in [0.25, 0.3) is 0 Å². The van der Waals surface area contributed by atoms with Crippen molar-refractivity contribution in [2.75, 3.05) is 0 Å². The van der Waals surface area contributed by atoms with Gasteiger partial charge in [-0.1, -0.05) is 84.9 Å². The van der Waals surface area contributed by atoms with Crippen LogP contribution in [0.5, 0.6) is 0 Å². The van der Waals surface area contributed by atoms with Gasteiger partial charge in [0.05, 0.1) is 5.75 Å². The summed E-state index contributed by atoms with van der Waals surface area (Å²) in [5.41, 5.74) is 8.13. The second-order valence-electron chi connectivity index (χ2n) is 9.76. The Balaban J connectivity index is 1.74. The molecule has 0 spiro atoms. The molecule has 3 rings (SSSR count). The fourth-order valence-electron chi connectivity index (χ4n) is 4.17. The van der Waals surface area contributed by atoms with Crippen molar-refractivity contribution in [1.82, 2.24) is 15.4 Å². The van der Waals surface area contributed by atoms with Crippen molar-refractivity contribution in [1.29, 1.82) is 5.41 Å². The molecule has 2 unspecified atom stereocenters. The molecule has 3 aromatic rings. The summed E-state index contributed by atoms with van der Waals surface area (Å²) in [6, 6.07) is 22.0. The predicted octanol–water partition coefficient (Wildman–Crippen LogP) is 2.06. The highest BCUT2D eigenvalue weighted by atomic mass is 32.2. The van der Waals surface area contributed by atoms with E-state index in [-0.39, 0.29) is 37.4 Å². The molecule has 7 N–H and O–H groups in total. The Morgan fingerprint density at radius 3 is 1.95 bits per heavy atom. The lowest BCUT2D eigenvalue weighted by Gasteiger charge is -2.23. The number of aliphatic carboxylic acids is 1. The molecule has 0 saturated heterocycles. The Labute approximate surface area is 245 Å². The summed E-state index contributed by atoms with van der Waals surface area (Å²) in [5.74, 6) is -2.93. The van der Waals surface area contributed by atoms with Gasteiger partial charge in [0, 0.05) is 18.5 Å². The highest BCUT2D eigenvalue weighted by Crippen LogP contribution is 2.11. The predicted molar refractivity (Wildman–Crippen MR) is 159 cm³/mol. The molecule has 0 aliphatic rings. The summed E-state index contributed by atoms with van der Waals surface area (Å²) < 4.78 is 28.5. The standard InChI is InChI=1S/C30H35N5O6S/c31-28(32)24-14-11-22(12-15-24)19-33-29(38)25(17-18-27(36)37)34-30(39)26(16-13-21-7-3-1-4-8-21)35-42(40,41)20-23-9-5-2-6-10-23/h1-12,14-15,25-26,35H,13,16-20H2,(H3,31,32)(H,33,38)(H,34,39)(H,36,37). The van der Waals surface area contributed by atoms with Crippen LogP contribution < -0.4 is 21.1 Å². The van der Waals surface area contributed by atoms with E-state index < -0.39 is 39.9 Å². The molecule has 0 bridgehead atoms. The van der Waals surface area contributed by atoms with Gasteiger partial charge in [-0.05, 0) is 36.0 Å². The molecule has 0 aliphatic carbocycles. The van der Waals surface area contributed by atoms with Gasteiger partial charge in [0.2, 0.25) is 21.8 Å². The molecule has 0 fully saturated rings. The second-order valence-corrected chi connectivity index (χ2v) is 11.5. The van der Waals surface area contributed by atoms with Gasteiger partial charge >= 0.3 is 5.97 Å². The molecule has 3 aromatic carbocycles. The number of sulfonamides is 1. The number of aryl methyl sites for hydroxylation is 1. The van der Waals surface area contributed by atoms with E-state index in [1.54, 1.807) is 54.6 Å². The van der Waals surface area contributed by atoms with E-state index >= 15 is 0 Å². The lowest BCUT2D eigenvalue weighted by atomic mass is 10.0. The number of nitrogens with two attached hydrogens (primary N) is 1. The van der Waals surface area contributed by atoms with Crippen LogP contribution in [0.25, 0.3) is 0 Å². The van der Waals surface area contributed by atoms with E-state index in [0.29, 0.717) is 23.1 Å². The summed E-state index contributed by atoms with van der Waals surface area (Å²) in [6.45, 7) is 0.0810. The van der Waals surface area contributed by atoms with Crippen LogP contribution in [0.3, 0.4) is 0 Å².